The molecule has 0 radical (unpaired) electrons. The molecule has 2 aromatic rings. The van der Waals surface area contributed by atoms with E-state index < -0.39 is 0 Å². The molecule has 22 heavy (non-hydrogen) atoms. The Morgan fingerprint density at radius 3 is 2.68 bits per heavy atom. The second-order valence-corrected chi connectivity index (χ2v) is 5.38. The lowest BCUT2D eigenvalue weighted by molar-refractivity contribution is -0.122. The van der Waals surface area contributed by atoms with Crippen molar-refractivity contribution in [3.05, 3.63) is 40.7 Å². The molecule has 2 aromatic heterocycles. The standard InChI is InChI=1S/C15H14N4O2S/c1-10-13(4-3-12-5-7-16-8-6-12)22-15(18-10)19-14(21)9-17-11(2)20/h5-8H,9H2,1-2H3,(H,17,20)(H,18,19,21). The highest BCUT2D eigenvalue weighted by Crippen LogP contribution is 2.21. The molecule has 112 valence electrons. The second kappa shape index (κ2) is 7.33. The Kier molecular flexibility index (Phi) is 5.22. The average molecular weight is 314 g/mol. The van der Waals surface area contributed by atoms with Crippen LogP contribution in [0.25, 0.3) is 0 Å². The number of pyridine rings is 1. The zero-order valence-corrected chi connectivity index (χ0v) is 13.0. The highest BCUT2D eigenvalue weighted by Gasteiger charge is 2.09. The fourth-order valence-corrected chi connectivity index (χ4v) is 2.33. The van der Waals surface area contributed by atoms with Gasteiger partial charge in [0.2, 0.25) is 11.8 Å². The average Bonchev–Trinajstić information content (AvgIpc) is 2.84. The molecule has 6 nitrogen and oxygen atoms in total. The van der Waals surface area contributed by atoms with Crippen LogP contribution in [-0.2, 0) is 9.59 Å². The number of hydrogen-bond acceptors (Lipinski definition) is 5. The van der Waals surface area contributed by atoms with Crippen molar-refractivity contribution in [1.82, 2.24) is 15.3 Å². The van der Waals surface area contributed by atoms with Crippen molar-refractivity contribution in [1.29, 1.82) is 0 Å². The Balaban J connectivity index is 2.04. The Morgan fingerprint density at radius 2 is 2.00 bits per heavy atom. The number of amides is 2. The first-order chi connectivity index (χ1) is 10.5. The quantitative estimate of drug-likeness (QED) is 0.837. The maximum absolute atomic E-state index is 11.6. The molecule has 0 aliphatic rings. The third-order valence-electron chi connectivity index (χ3n) is 2.54. The lowest BCUT2D eigenvalue weighted by Gasteiger charge is -2.01. The Hall–Kier alpha value is -2.72. The number of hydrogen-bond donors (Lipinski definition) is 2. The molecule has 2 rings (SSSR count). The van der Waals surface area contributed by atoms with E-state index in [9.17, 15) is 9.59 Å². The second-order valence-electron chi connectivity index (χ2n) is 4.38. The van der Waals surface area contributed by atoms with Gasteiger partial charge in [-0.1, -0.05) is 17.3 Å². The van der Waals surface area contributed by atoms with Crippen molar-refractivity contribution < 1.29 is 9.59 Å². The van der Waals surface area contributed by atoms with Crippen molar-refractivity contribution in [3.8, 4) is 11.8 Å². The van der Waals surface area contributed by atoms with Crippen LogP contribution in [0.2, 0.25) is 0 Å². The smallest absolute Gasteiger partial charge is 0.245 e. The molecule has 2 amide bonds. The van der Waals surface area contributed by atoms with Crippen molar-refractivity contribution in [2.75, 3.05) is 11.9 Å². The highest BCUT2D eigenvalue weighted by molar-refractivity contribution is 7.16. The molecular weight excluding hydrogens is 300 g/mol. The fourth-order valence-electron chi connectivity index (χ4n) is 1.50. The predicted molar refractivity (Wildman–Crippen MR) is 84.4 cm³/mol. The lowest BCUT2D eigenvalue weighted by atomic mass is 10.2. The van der Waals surface area contributed by atoms with E-state index in [2.05, 4.69) is 32.4 Å². The van der Waals surface area contributed by atoms with Crippen molar-refractivity contribution >= 4 is 28.3 Å². The summed E-state index contributed by atoms with van der Waals surface area (Å²) >= 11 is 1.30. The van der Waals surface area contributed by atoms with E-state index in [0.717, 1.165) is 16.1 Å². The number of thiazole rings is 1. The van der Waals surface area contributed by atoms with Gasteiger partial charge in [0.05, 0.1) is 12.2 Å². The molecule has 0 aromatic carbocycles. The lowest BCUT2D eigenvalue weighted by Crippen LogP contribution is -2.31. The summed E-state index contributed by atoms with van der Waals surface area (Å²) in [5.74, 6) is 5.47. The van der Waals surface area contributed by atoms with Gasteiger partial charge >= 0.3 is 0 Å². The molecule has 0 saturated heterocycles. The summed E-state index contributed by atoms with van der Waals surface area (Å²) in [6.07, 6.45) is 3.36. The zero-order valence-electron chi connectivity index (χ0n) is 12.1. The van der Waals surface area contributed by atoms with Gasteiger partial charge in [-0.3, -0.25) is 14.6 Å². The molecule has 0 unspecified atom stereocenters. The Labute approximate surface area is 132 Å². The van der Waals surface area contributed by atoms with Crippen molar-refractivity contribution in [2.24, 2.45) is 0 Å². The number of carbonyl (C=O) groups excluding carboxylic acids is 2. The molecule has 0 atom stereocenters. The molecule has 2 N–H and O–H groups in total. The first-order valence-electron chi connectivity index (χ1n) is 6.48. The van der Waals surface area contributed by atoms with Crippen LogP contribution < -0.4 is 10.6 Å². The summed E-state index contributed by atoms with van der Waals surface area (Å²) in [6.45, 7) is 3.11. The minimum absolute atomic E-state index is 0.0774. The molecule has 0 bridgehead atoms. The maximum Gasteiger partial charge on any atom is 0.245 e. The van der Waals surface area contributed by atoms with Crippen LogP contribution in [0.4, 0.5) is 5.13 Å². The number of anilines is 1. The Bertz CT molecular complexity index is 744. The molecule has 0 fully saturated rings. The van der Waals surface area contributed by atoms with E-state index in [4.69, 9.17) is 0 Å². The molecule has 0 aliphatic carbocycles. The summed E-state index contributed by atoms with van der Waals surface area (Å²) in [4.78, 5) is 31.3. The number of aromatic nitrogens is 2. The predicted octanol–water partition coefficient (Wildman–Crippen LogP) is 1.32. The summed E-state index contributed by atoms with van der Waals surface area (Å²) < 4.78 is 0. The summed E-state index contributed by atoms with van der Waals surface area (Å²) in [7, 11) is 0. The van der Waals surface area contributed by atoms with Gasteiger partial charge in [0.25, 0.3) is 0 Å². The van der Waals surface area contributed by atoms with Crippen molar-refractivity contribution in [2.45, 2.75) is 13.8 Å². The van der Waals surface area contributed by atoms with Gasteiger partial charge in [-0.2, -0.15) is 0 Å². The molecule has 2 heterocycles. The van der Waals surface area contributed by atoms with Gasteiger partial charge in [0.1, 0.15) is 4.88 Å². The van der Waals surface area contributed by atoms with Crippen LogP contribution in [0.3, 0.4) is 0 Å². The van der Waals surface area contributed by atoms with Crippen LogP contribution in [0.15, 0.2) is 24.5 Å². The Morgan fingerprint density at radius 1 is 1.27 bits per heavy atom. The zero-order chi connectivity index (χ0) is 15.9. The van der Waals surface area contributed by atoms with Crippen LogP contribution in [0.1, 0.15) is 23.1 Å². The van der Waals surface area contributed by atoms with Gasteiger partial charge in [0.15, 0.2) is 5.13 Å². The van der Waals surface area contributed by atoms with Gasteiger partial charge in [-0.15, -0.1) is 0 Å². The summed E-state index contributed by atoms with van der Waals surface area (Å²) in [6, 6.07) is 3.64. The van der Waals surface area contributed by atoms with E-state index in [1.165, 1.54) is 18.3 Å². The van der Waals surface area contributed by atoms with Crippen LogP contribution in [-0.4, -0.2) is 28.3 Å². The van der Waals surface area contributed by atoms with Crippen LogP contribution >= 0.6 is 11.3 Å². The van der Waals surface area contributed by atoms with E-state index in [0.29, 0.717) is 5.13 Å². The summed E-state index contributed by atoms with van der Waals surface area (Å²) in [5.41, 5.74) is 1.61. The van der Waals surface area contributed by atoms with E-state index in [1.54, 1.807) is 12.4 Å². The van der Waals surface area contributed by atoms with Crippen LogP contribution in [0, 0.1) is 18.8 Å². The molecule has 0 saturated carbocycles. The molecule has 0 spiro atoms. The number of rotatable bonds is 3. The number of aryl methyl sites for hydroxylation is 1. The topological polar surface area (TPSA) is 84.0 Å². The summed E-state index contributed by atoms with van der Waals surface area (Å²) in [5, 5.41) is 5.52. The minimum Gasteiger partial charge on any atom is -0.347 e. The largest absolute Gasteiger partial charge is 0.347 e. The number of nitrogens with one attached hydrogen (secondary N) is 2. The van der Waals surface area contributed by atoms with E-state index >= 15 is 0 Å². The molecule has 0 aliphatic heterocycles. The SMILES string of the molecule is CC(=O)NCC(=O)Nc1nc(C)c(C#Cc2ccncc2)s1. The molecular formula is C15H14N4O2S. The monoisotopic (exact) mass is 314 g/mol. The maximum atomic E-state index is 11.6. The van der Waals surface area contributed by atoms with Gasteiger partial charge < -0.3 is 10.6 Å². The highest BCUT2D eigenvalue weighted by atomic mass is 32.1. The third-order valence-corrected chi connectivity index (χ3v) is 3.53. The third kappa shape index (κ3) is 4.68. The van der Waals surface area contributed by atoms with Crippen molar-refractivity contribution in [3.63, 3.8) is 0 Å². The number of nitrogens with zero attached hydrogens (tertiary/aromatic N) is 2. The fraction of sp³-hybridized carbons (Fsp3) is 0.200. The van der Waals surface area contributed by atoms with Gasteiger partial charge in [0, 0.05) is 24.9 Å². The number of carbonyl (C=O) groups is 2. The van der Waals surface area contributed by atoms with E-state index in [-0.39, 0.29) is 18.4 Å². The normalized spacial score (nSPS) is 9.55. The first-order valence-corrected chi connectivity index (χ1v) is 7.30. The van der Waals surface area contributed by atoms with E-state index in [1.807, 2.05) is 19.1 Å². The van der Waals surface area contributed by atoms with Crippen LogP contribution in [0.5, 0.6) is 0 Å². The first kappa shape index (κ1) is 15.7. The van der Waals surface area contributed by atoms with Gasteiger partial charge in [-0.05, 0) is 25.0 Å². The minimum atomic E-state index is -0.322. The van der Waals surface area contributed by atoms with Gasteiger partial charge in [-0.25, -0.2) is 4.98 Å². The molecule has 7 heteroatoms.